The third kappa shape index (κ3) is 8.89. The summed E-state index contributed by atoms with van der Waals surface area (Å²) < 4.78 is 16.6. The molecule has 1 aliphatic heterocycles. The number of hydrogen-bond acceptors (Lipinski definition) is 8. The summed E-state index contributed by atoms with van der Waals surface area (Å²) in [6, 6.07) is 27.3. The van der Waals surface area contributed by atoms with Gasteiger partial charge in [-0.2, -0.15) is 0 Å². The molecule has 1 amide bonds. The standard InChI is InChI=1S/C35H42N4O4S/c1-41-30-14-13-29(33(23-30)42-2)24-39(17-15-31(27-9-5-3-6-10-27)28-11-7-4-8-12-28)25-34-37-32(26-44-34)35(40)36-16-18-38-19-21-43-22-20-38/h3-14,23,26,31H,15-22,24-25H2,1-2H3,(H,36,40). The summed E-state index contributed by atoms with van der Waals surface area (Å²) in [5, 5.41) is 5.81. The minimum Gasteiger partial charge on any atom is -0.497 e. The third-order valence-corrected chi connectivity index (χ3v) is 8.82. The van der Waals surface area contributed by atoms with Gasteiger partial charge in [0.05, 0.1) is 34.0 Å². The number of ether oxygens (including phenoxy) is 3. The van der Waals surface area contributed by atoms with Crippen LogP contribution in [-0.4, -0.2) is 80.8 Å². The van der Waals surface area contributed by atoms with E-state index in [0.717, 1.165) is 67.9 Å². The Morgan fingerprint density at radius 2 is 1.68 bits per heavy atom. The summed E-state index contributed by atoms with van der Waals surface area (Å²) in [6.45, 7) is 6.83. The summed E-state index contributed by atoms with van der Waals surface area (Å²) >= 11 is 1.53. The maximum Gasteiger partial charge on any atom is 0.270 e. The van der Waals surface area contributed by atoms with Crippen molar-refractivity contribution in [3.05, 3.63) is 112 Å². The SMILES string of the molecule is COc1ccc(CN(CCC(c2ccccc2)c2ccccc2)Cc2nc(C(=O)NCCN3CCOCC3)cs2)c(OC)c1. The van der Waals surface area contributed by atoms with E-state index in [-0.39, 0.29) is 11.8 Å². The molecule has 1 aliphatic rings. The number of thiazole rings is 1. The Bertz CT molecular complexity index is 1400. The molecule has 0 aliphatic carbocycles. The predicted octanol–water partition coefficient (Wildman–Crippen LogP) is 5.45. The van der Waals surface area contributed by atoms with Gasteiger partial charge >= 0.3 is 0 Å². The van der Waals surface area contributed by atoms with Crippen LogP contribution in [-0.2, 0) is 17.8 Å². The molecule has 0 atom stereocenters. The molecule has 0 radical (unpaired) electrons. The van der Waals surface area contributed by atoms with Crippen LogP contribution in [0.1, 0.15) is 44.5 Å². The Labute approximate surface area is 264 Å². The van der Waals surface area contributed by atoms with Gasteiger partial charge in [-0.25, -0.2) is 4.98 Å². The van der Waals surface area contributed by atoms with E-state index in [9.17, 15) is 4.79 Å². The fourth-order valence-electron chi connectivity index (χ4n) is 5.57. The molecular weight excluding hydrogens is 572 g/mol. The van der Waals surface area contributed by atoms with Crippen LogP contribution in [0, 0.1) is 0 Å². The first-order chi connectivity index (χ1) is 21.6. The average molecular weight is 615 g/mol. The van der Waals surface area contributed by atoms with Gasteiger partial charge in [-0.1, -0.05) is 66.7 Å². The maximum atomic E-state index is 12.9. The second-order valence-electron chi connectivity index (χ2n) is 10.9. The zero-order chi connectivity index (χ0) is 30.6. The molecule has 2 heterocycles. The zero-order valence-electron chi connectivity index (χ0n) is 25.6. The lowest BCUT2D eigenvalue weighted by Crippen LogP contribution is -2.41. The summed E-state index contributed by atoms with van der Waals surface area (Å²) in [6.07, 6.45) is 0.923. The van der Waals surface area contributed by atoms with E-state index >= 15 is 0 Å². The number of nitrogens with zero attached hydrogens (tertiary/aromatic N) is 3. The smallest absolute Gasteiger partial charge is 0.270 e. The van der Waals surface area contributed by atoms with Gasteiger partial charge in [-0.05, 0) is 30.2 Å². The molecule has 8 nitrogen and oxygen atoms in total. The van der Waals surface area contributed by atoms with Crippen molar-refractivity contribution in [1.82, 2.24) is 20.1 Å². The first kappa shape index (κ1) is 31.7. The van der Waals surface area contributed by atoms with Crippen LogP contribution >= 0.6 is 11.3 Å². The predicted molar refractivity (Wildman–Crippen MR) is 175 cm³/mol. The highest BCUT2D eigenvalue weighted by molar-refractivity contribution is 7.09. The maximum absolute atomic E-state index is 12.9. The minimum atomic E-state index is -0.127. The molecule has 44 heavy (non-hydrogen) atoms. The number of amides is 1. The molecule has 1 saturated heterocycles. The normalized spacial score (nSPS) is 13.7. The number of morpholine rings is 1. The largest absolute Gasteiger partial charge is 0.497 e. The first-order valence-corrected chi connectivity index (χ1v) is 16.1. The van der Waals surface area contributed by atoms with Crippen molar-refractivity contribution in [2.75, 3.05) is 60.2 Å². The van der Waals surface area contributed by atoms with E-state index in [1.165, 1.54) is 22.5 Å². The van der Waals surface area contributed by atoms with Crippen molar-refractivity contribution in [2.24, 2.45) is 0 Å². The van der Waals surface area contributed by atoms with Crippen LogP contribution in [0.3, 0.4) is 0 Å². The van der Waals surface area contributed by atoms with E-state index in [0.29, 0.717) is 25.3 Å². The molecule has 0 spiro atoms. The van der Waals surface area contributed by atoms with Gasteiger partial charge in [0.1, 0.15) is 22.2 Å². The Balaban J connectivity index is 1.30. The van der Waals surface area contributed by atoms with Gasteiger partial charge in [-0.3, -0.25) is 14.6 Å². The molecule has 0 saturated carbocycles. The minimum absolute atomic E-state index is 0.127. The van der Waals surface area contributed by atoms with E-state index < -0.39 is 0 Å². The van der Waals surface area contributed by atoms with E-state index in [1.54, 1.807) is 14.2 Å². The van der Waals surface area contributed by atoms with Crippen LogP contribution in [0.15, 0.2) is 84.2 Å². The summed E-state index contributed by atoms with van der Waals surface area (Å²) in [5.41, 5.74) is 4.14. The van der Waals surface area contributed by atoms with Crippen molar-refractivity contribution in [1.29, 1.82) is 0 Å². The molecule has 0 unspecified atom stereocenters. The van der Waals surface area contributed by atoms with Crippen LogP contribution in [0.4, 0.5) is 0 Å². The lowest BCUT2D eigenvalue weighted by atomic mass is 9.88. The fourth-order valence-corrected chi connectivity index (χ4v) is 6.38. The first-order valence-electron chi connectivity index (χ1n) is 15.2. The summed E-state index contributed by atoms with van der Waals surface area (Å²) in [7, 11) is 3.35. The van der Waals surface area contributed by atoms with Crippen LogP contribution in [0.5, 0.6) is 11.5 Å². The fraction of sp³-hybridized carbons (Fsp3) is 0.371. The molecule has 1 fully saturated rings. The van der Waals surface area contributed by atoms with Gasteiger partial charge < -0.3 is 19.5 Å². The van der Waals surface area contributed by atoms with Crippen LogP contribution in [0.25, 0.3) is 0 Å². The van der Waals surface area contributed by atoms with E-state index in [2.05, 4.69) is 81.8 Å². The Hall–Kier alpha value is -3.76. The summed E-state index contributed by atoms with van der Waals surface area (Å²) in [5.74, 6) is 1.67. The number of benzene rings is 3. The number of methoxy groups -OCH3 is 2. The molecular formula is C35H42N4O4S. The number of rotatable bonds is 15. The van der Waals surface area contributed by atoms with Crippen molar-refractivity contribution < 1.29 is 19.0 Å². The molecule has 5 rings (SSSR count). The molecule has 1 aromatic heterocycles. The number of carbonyl (C=O) groups is 1. The molecule has 3 aromatic carbocycles. The number of aromatic nitrogens is 1. The van der Waals surface area contributed by atoms with Crippen molar-refractivity contribution >= 4 is 17.2 Å². The van der Waals surface area contributed by atoms with Crippen LogP contribution in [0.2, 0.25) is 0 Å². The van der Waals surface area contributed by atoms with Gasteiger partial charge in [-0.15, -0.1) is 11.3 Å². The third-order valence-electron chi connectivity index (χ3n) is 7.99. The van der Waals surface area contributed by atoms with Crippen molar-refractivity contribution in [2.45, 2.75) is 25.4 Å². The number of nitrogens with one attached hydrogen (secondary N) is 1. The Kier molecular flexibility index (Phi) is 11.8. The Morgan fingerprint density at radius 1 is 0.977 bits per heavy atom. The molecule has 232 valence electrons. The quantitative estimate of drug-likeness (QED) is 0.191. The van der Waals surface area contributed by atoms with Crippen LogP contribution < -0.4 is 14.8 Å². The van der Waals surface area contributed by atoms with Gasteiger partial charge in [0.2, 0.25) is 0 Å². The summed E-state index contributed by atoms with van der Waals surface area (Å²) in [4.78, 5) is 22.3. The molecule has 9 heteroatoms. The monoisotopic (exact) mass is 614 g/mol. The zero-order valence-corrected chi connectivity index (χ0v) is 26.4. The van der Waals surface area contributed by atoms with Gasteiger partial charge in [0.15, 0.2) is 0 Å². The second kappa shape index (κ2) is 16.4. The van der Waals surface area contributed by atoms with Gasteiger partial charge in [0, 0.05) is 55.7 Å². The van der Waals surface area contributed by atoms with E-state index in [1.807, 2.05) is 17.5 Å². The number of carbonyl (C=O) groups excluding carboxylic acids is 1. The molecule has 1 N–H and O–H groups in total. The number of hydrogen-bond donors (Lipinski definition) is 1. The highest BCUT2D eigenvalue weighted by Gasteiger charge is 2.20. The second-order valence-corrected chi connectivity index (χ2v) is 11.8. The van der Waals surface area contributed by atoms with E-state index in [4.69, 9.17) is 19.2 Å². The Morgan fingerprint density at radius 3 is 2.34 bits per heavy atom. The van der Waals surface area contributed by atoms with Crippen molar-refractivity contribution in [3.8, 4) is 11.5 Å². The molecule has 0 bridgehead atoms. The van der Waals surface area contributed by atoms with Crippen molar-refractivity contribution in [3.63, 3.8) is 0 Å². The topological polar surface area (TPSA) is 76.2 Å². The highest BCUT2D eigenvalue weighted by Crippen LogP contribution is 2.30. The van der Waals surface area contributed by atoms with Gasteiger partial charge in [0.25, 0.3) is 5.91 Å². The molecule has 4 aromatic rings. The highest BCUT2D eigenvalue weighted by atomic mass is 32.1. The lowest BCUT2D eigenvalue weighted by molar-refractivity contribution is 0.0383. The average Bonchev–Trinajstić information content (AvgIpc) is 3.55. The lowest BCUT2D eigenvalue weighted by Gasteiger charge is -2.26.